The van der Waals surface area contributed by atoms with Gasteiger partial charge in [-0.3, -0.25) is 9.59 Å². The fraction of sp³-hybridized carbons (Fsp3) is 0.250. The van der Waals surface area contributed by atoms with E-state index in [-0.39, 0.29) is 11.8 Å². The average Bonchev–Trinajstić information content (AvgIpc) is 3.36. The first-order valence-corrected chi connectivity index (χ1v) is 11.8. The Morgan fingerprint density at radius 3 is 2.60 bits per heavy atom. The summed E-state index contributed by atoms with van der Waals surface area (Å²) < 4.78 is 2.06. The molecule has 0 spiro atoms. The molecule has 0 saturated heterocycles. The molecule has 0 radical (unpaired) electrons. The fourth-order valence-electron chi connectivity index (χ4n) is 4.80. The van der Waals surface area contributed by atoms with Gasteiger partial charge < -0.3 is 20.1 Å². The molecule has 1 aliphatic heterocycles. The molecule has 7 heteroatoms. The van der Waals surface area contributed by atoms with Crippen molar-refractivity contribution in [3.8, 4) is 0 Å². The van der Waals surface area contributed by atoms with Crippen LogP contribution in [0.1, 0.15) is 39.8 Å². The van der Waals surface area contributed by atoms with E-state index in [2.05, 4.69) is 57.5 Å². The number of imidazole rings is 1. The monoisotopic (exact) mass is 467 g/mol. The largest absolute Gasteiger partial charge is 0.374 e. The second-order valence-electron chi connectivity index (χ2n) is 9.12. The zero-order chi connectivity index (χ0) is 24.5. The summed E-state index contributed by atoms with van der Waals surface area (Å²) in [4.78, 5) is 32.2. The molecule has 0 saturated carbocycles. The van der Waals surface area contributed by atoms with Crippen LogP contribution in [0.3, 0.4) is 0 Å². The minimum Gasteiger partial charge on any atom is -0.374 e. The Bertz CT molecular complexity index is 1420. The number of hydrogen-bond donors (Lipinski definition) is 2. The van der Waals surface area contributed by atoms with Crippen LogP contribution in [0.4, 0.5) is 11.4 Å². The molecule has 0 fully saturated rings. The van der Waals surface area contributed by atoms with E-state index in [1.807, 2.05) is 31.2 Å². The molecule has 1 aromatic heterocycles. The Hall–Kier alpha value is -4.13. The van der Waals surface area contributed by atoms with Gasteiger partial charge in [-0.25, -0.2) is 4.98 Å². The SMILES string of the molecule is CC(=O)Nc1cc(C(=O)NCc2ccc3c(c2)CCN3C)c2c(c1)nc(C)n2Cc1ccccc1. The third-order valence-corrected chi connectivity index (χ3v) is 6.51. The zero-order valence-electron chi connectivity index (χ0n) is 20.3. The number of nitrogens with one attached hydrogen (secondary N) is 2. The summed E-state index contributed by atoms with van der Waals surface area (Å²) in [5.41, 5.74) is 7.23. The summed E-state index contributed by atoms with van der Waals surface area (Å²) in [6.07, 6.45) is 1.02. The van der Waals surface area contributed by atoms with E-state index >= 15 is 0 Å². The van der Waals surface area contributed by atoms with E-state index in [0.29, 0.717) is 29.9 Å². The Balaban J connectivity index is 1.49. The lowest BCUT2D eigenvalue weighted by atomic mass is 10.1. The highest BCUT2D eigenvalue weighted by atomic mass is 16.2. The third-order valence-electron chi connectivity index (χ3n) is 6.51. The van der Waals surface area contributed by atoms with Crippen LogP contribution in [0.2, 0.25) is 0 Å². The third kappa shape index (κ3) is 4.62. The van der Waals surface area contributed by atoms with E-state index in [1.165, 1.54) is 18.2 Å². The number of carbonyl (C=O) groups excluding carboxylic acids is 2. The standard InChI is InChI=1S/C28H29N5O2/c1-18-30-25-15-23(31-19(2)34)14-24(27(25)33(18)17-20-7-5-4-6-8-20)28(35)29-16-21-9-10-26-22(13-21)11-12-32(26)3/h4-10,13-15H,11-12,16-17H2,1-3H3,(H,29,35)(H,31,34). The van der Waals surface area contributed by atoms with E-state index in [0.717, 1.165) is 35.4 Å². The Kier molecular flexibility index (Phi) is 5.99. The summed E-state index contributed by atoms with van der Waals surface area (Å²) in [6.45, 7) is 5.43. The van der Waals surface area contributed by atoms with Gasteiger partial charge in [-0.1, -0.05) is 42.5 Å². The van der Waals surface area contributed by atoms with Gasteiger partial charge in [0.25, 0.3) is 5.91 Å². The molecule has 35 heavy (non-hydrogen) atoms. The number of benzene rings is 3. The second kappa shape index (κ2) is 9.25. The molecule has 0 aliphatic carbocycles. The van der Waals surface area contributed by atoms with Gasteiger partial charge >= 0.3 is 0 Å². The Labute approximate surface area is 204 Å². The van der Waals surface area contributed by atoms with Gasteiger partial charge in [-0.2, -0.15) is 0 Å². The van der Waals surface area contributed by atoms with Gasteiger partial charge in [0.15, 0.2) is 0 Å². The second-order valence-corrected chi connectivity index (χ2v) is 9.12. The van der Waals surface area contributed by atoms with Crippen molar-refractivity contribution in [3.05, 3.63) is 88.7 Å². The Morgan fingerprint density at radius 1 is 1.03 bits per heavy atom. The highest BCUT2D eigenvalue weighted by Gasteiger charge is 2.20. The first-order chi connectivity index (χ1) is 16.9. The van der Waals surface area contributed by atoms with Crippen LogP contribution >= 0.6 is 0 Å². The molecule has 0 atom stereocenters. The number of anilines is 2. The lowest BCUT2D eigenvalue weighted by Crippen LogP contribution is -2.24. The molecular formula is C28H29N5O2. The normalized spacial score (nSPS) is 12.6. The van der Waals surface area contributed by atoms with Crippen molar-refractivity contribution in [1.29, 1.82) is 0 Å². The number of nitrogens with zero attached hydrogens (tertiary/aromatic N) is 3. The van der Waals surface area contributed by atoms with Crippen molar-refractivity contribution in [2.75, 3.05) is 23.8 Å². The molecule has 0 unspecified atom stereocenters. The van der Waals surface area contributed by atoms with Crippen molar-refractivity contribution in [2.45, 2.75) is 33.4 Å². The first-order valence-electron chi connectivity index (χ1n) is 11.8. The van der Waals surface area contributed by atoms with Gasteiger partial charge in [0.1, 0.15) is 5.82 Å². The van der Waals surface area contributed by atoms with Crippen LogP contribution in [0, 0.1) is 6.92 Å². The topological polar surface area (TPSA) is 79.3 Å². The van der Waals surface area contributed by atoms with Crippen LogP contribution in [0.25, 0.3) is 11.0 Å². The zero-order valence-corrected chi connectivity index (χ0v) is 20.3. The number of aryl methyl sites for hydroxylation is 1. The number of amides is 2. The molecular weight excluding hydrogens is 438 g/mol. The number of rotatable bonds is 6. The minimum atomic E-state index is -0.200. The van der Waals surface area contributed by atoms with Gasteiger partial charge in [0.05, 0.1) is 16.6 Å². The van der Waals surface area contributed by atoms with Gasteiger partial charge in [0.2, 0.25) is 5.91 Å². The fourth-order valence-corrected chi connectivity index (χ4v) is 4.80. The number of fused-ring (bicyclic) bond motifs is 2. The van der Waals surface area contributed by atoms with Crippen molar-refractivity contribution in [2.24, 2.45) is 0 Å². The Morgan fingerprint density at radius 2 is 1.83 bits per heavy atom. The van der Waals surface area contributed by atoms with Crippen molar-refractivity contribution in [1.82, 2.24) is 14.9 Å². The molecule has 5 rings (SSSR count). The number of carbonyl (C=O) groups is 2. The maximum atomic E-state index is 13.5. The van der Waals surface area contributed by atoms with Crippen LogP contribution in [-0.4, -0.2) is 35.0 Å². The highest BCUT2D eigenvalue weighted by molar-refractivity contribution is 6.07. The summed E-state index contributed by atoms with van der Waals surface area (Å²) in [5, 5.41) is 5.89. The molecule has 178 valence electrons. The van der Waals surface area contributed by atoms with Gasteiger partial charge in [-0.05, 0) is 48.2 Å². The lowest BCUT2D eigenvalue weighted by molar-refractivity contribution is -0.114. The highest BCUT2D eigenvalue weighted by Crippen LogP contribution is 2.28. The van der Waals surface area contributed by atoms with E-state index in [1.54, 1.807) is 6.07 Å². The average molecular weight is 468 g/mol. The molecule has 4 aromatic rings. The summed E-state index contributed by atoms with van der Waals surface area (Å²) in [7, 11) is 2.10. The van der Waals surface area contributed by atoms with Gasteiger partial charge in [0, 0.05) is 45.0 Å². The molecule has 2 amide bonds. The number of hydrogen-bond acceptors (Lipinski definition) is 4. The quantitative estimate of drug-likeness (QED) is 0.444. The van der Waals surface area contributed by atoms with E-state index in [9.17, 15) is 9.59 Å². The summed E-state index contributed by atoms with van der Waals surface area (Å²) in [5.74, 6) is 0.411. The molecule has 2 N–H and O–H groups in total. The smallest absolute Gasteiger partial charge is 0.253 e. The number of aromatic nitrogens is 2. The molecule has 0 bridgehead atoms. The first kappa shape index (κ1) is 22.7. The van der Waals surface area contributed by atoms with Crippen LogP contribution in [0.15, 0.2) is 60.7 Å². The lowest BCUT2D eigenvalue weighted by Gasteiger charge is -2.14. The van der Waals surface area contributed by atoms with Crippen LogP contribution in [0.5, 0.6) is 0 Å². The summed E-state index contributed by atoms with van der Waals surface area (Å²) >= 11 is 0. The maximum absolute atomic E-state index is 13.5. The predicted molar refractivity (Wildman–Crippen MR) is 139 cm³/mol. The predicted octanol–water partition coefficient (Wildman–Crippen LogP) is 4.27. The van der Waals surface area contributed by atoms with Gasteiger partial charge in [-0.15, -0.1) is 0 Å². The maximum Gasteiger partial charge on any atom is 0.253 e. The van der Waals surface area contributed by atoms with Crippen molar-refractivity contribution >= 4 is 34.2 Å². The van der Waals surface area contributed by atoms with E-state index < -0.39 is 0 Å². The minimum absolute atomic E-state index is 0.195. The molecule has 7 nitrogen and oxygen atoms in total. The number of likely N-dealkylation sites (N-methyl/N-ethyl adjacent to an activating group) is 1. The molecule has 3 aromatic carbocycles. The molecule has 2 heterocycles. The van der Waals surface area contributed by atoms with Crippen molar-refractivity contribution in [3.63, 3.8) is 0 Å². The van der Waals surface area contributed by atoms with Crippen LogP contribution < -0.4 is 15.5 Å². The van der Waals surface area contributed by atoms with Crippen LogP contribution in [-0.2, 0) is 24.3 Å². The molecule has 1 aliphatic rings. The van der Waals surface area contributed by atoms with Crippen molar-refractivity contribution < 1.29 is 9.59 Å². The summed E-state index contributed by atoms with van der Waals surface area (Å²) in [6, 6.07) is 20.0. The van der Waals surface area contributed by atoms with E-state index in [4.69, 9.17) is 4.98 Å².